The van der Waals surface area contributed by atoms with Gasteiger partial charge in [-0.3, -0.25) is 4.98 Å². The van der Waals surface area contributed by atoms with E-state index in [-0.39, 0.29) is 6.10 Å². The molecule has 0 saturated heterocycles. The molecule has 0 aliphatic rings. The maximum Gasteiger partial charge on any atom is 0.124 e. The molecule has 1 aromatic heterocycles. The summed E-state index contributed by atoms with van der Waals surface area (Å²) >= 11 is 12.2. The molecule has 124 valence electrons. The SMILES string of the molecule is CC.CC(=N)c1cc(O[C@H](C)c2c(Cl)cncc2Cl)ccc1N. The van der Waals surface area contributed by atoms with Crippen molar-refractivity contribution in [3.8, 4) is 5.75 Å². The van der Waals surface area contributed by atoms with Crippen LogP contribution in [0.3, 0.4) is 0 Å². The molecule has 4 nitrogen and oxygen atoms in total. The Morgan fingerprint density at radius 3 is 2.30 bits per heavy atom. The molecule has 6 heteroatoms. The number of rotatable bonds is 4. The Kier molecular flexibility index (Phi) is 7.33. The van der Waals surface area contributed by atoms with Gasteiger partial charge < -0.3 is 15.9 Å². The van der Waals surface area contributed by atoms with Gasteiger partial charge >= 0.3 is 0 Å². The van der Waals surface area contributed by atoms with Gasteiger partial charge in [0.15, 0.2) is 0 Å². The van der Waals surface area contributed by atoms with Crippen LogP contribution in [-0.2, 0) is 0 Å². The Bertz CT molecular complexity index is 669. The van der Waals surface area contributed by atoms with Crippen molar-refractivity contribution < 1.29 is 4.74 Å². The standard InChI is InChI=1S/C15H15Cl2N3O.C2H6/c1-8(18)11-5-10(3-4-14(11)19)21-9(2)15-12(16)6-20-7-13(15)17;1-2/h3-7,9,18H,19H2,1-2H3;1-2H3/t9-;/m1./s1. The maximum absolute atomic E-state index is 7.70. The van der Waals surface area contributed by atoms with Gasteiger partial charge in [-0.2, -0.15) is 0 Å². The van der Waals surface area contributed by atoms with E-state index >= 15 is 0 Å². The van der Waals surface area contributed by atoms with Gasteiger partial charge in [0.1, 0.15) is 11.9 Å². The predicted molar refractivity (Wildman–Crippen MR) is 98.0 cm³/mol. The lowest BCUT2D eigenvalue weighted by molar-refractivity contribution is 0.227. The molecule has 0 saturated carbocycles. The highest BCUT2D eigenvalue weighted by Crippen LogP contribution is 2.33. The number of hydrogen-bond acceptors (Lipinski definition) is 4. The Morgan fingerprint density at radius 1 is 1.22 bits per heavy atom. The van der Waals surface area contributed by atoms with Gasteiger partial charge in [-0.1, -0.05) is 37.0 Å². The van der Waals surface area contributed by atoms with Crippen molar-refractivity contribution in [3.63, 3.8) is 0 Å². The number of nitrogen functional groups attached to an aromatic ring is 1. The molecular weight excluding hydrogens is 333 g/mol. The molecule has 0 aliphatic carbocycles. The number of hydrogen-bond donors (Lipinski definition) is 2. The highest BCUT2D eigenvalue weighted by Gasteiger charge is 2.16. The number of pyridine rings is 1. The summed E-state index contributed by atoms with van der Waals surface area (Å²) in [5.41, 5.74) is 8.08. The maximum atomic E-state index is 7.70. The molecule has 0 bridgehead atoms. The summed E-state index contributed by atoms with van der Waals surface area (Å²) in [5.74, 6) is 0.599. The average Bonchev–Trinajstić information content (AvgIpc) is 2.50. The van der Waals surface area contributed by atoms with Crippen LogP contribution >= 0.6 is 23.2 Å². The van der Waals surface area contributed by atoms with Crippen LogP contribution in [0.2, 0.25) is 10.0 Å². The zero-order chi connectivity index (χ0) is 17.6. The lowest BCUT2D eigenvalue weighted by Crippen LogP contribution is -2.07. The summed E-state index contributed by atoms with van der Waals surface area (Å²) in [5, 5.41) is 8.61. The van der Waals surface area contributed by atoms with Crippen LogP contribution in [0.5, 0.6) is 5.75 Å². The fourth-order valence-electron chi connectivity index (χ4n) is 2.01. The van der Waals surface area contributed by atoms with E-state index in [9.17, 15) is 0 Å². The third-order valence-electron chi connectivity index (χ3n) is 3.04. The number of nitrogens with two attached hydrogens (primary N) is 1. The van der Waals surface area contributed by atoms with Crippen LogP contribution in [0, 0.1) is 5.41 Å². The summed E-state index contributed by atoms with van der Waals surface area (Å²) in [7, 11) is 0. The number of halogens is 2. The van der Waals surface area contributed by atoms with E-state index in [1.165, 1.54) is 12.4 Å². The minimum absolute atomic E-state index is 0.351. The van der Waals surface area contributed by atoms with Gasteiger partial charge in [0, 0.05) is 34.9 Å². The number of benzene rings is 1. The second-order valence-electron chi connectivity index (χ2n) is 4.65. The Morgan fingerprint density at radius 2 is 1.78 bits per heavy atom. The average molecular weight is 354 g/mol. The van der Waals surface area contributed by atoms with Crippen molar-refractivity contribution >= 4 is 34.6 Å². The topological polar surface area (TPSA) is 72.0 Å². The zero-order valence-electron chi connectivity index (χ0n) is 13.7. The molecule has 0 radical (unpaired) electrons. The van der Waals surface area contributed by atoms with Gasteiger partial charge in [0.2, 0.25) is 0 Å². The van der Waals surface area contributed by atoms with E-state index in [1.54, 1.807) is 25.1 Å². The lowest BCUT2D eigenvalue weighted by Gasteiger charge is -2.18. The fraction of sp³-hybridized carbons (Fsp3) is 0.294. The van der Waals surface area contributed by atoms with E-state index in [4.69, 9.17) is 39.1 Å². The third-order valence-corrected chi connectivity index (χ3v) is 3.64. The van der Waals surface area contributed by atoms with Crippen molar-refractivity contribution in [1.82, 2.24) is 4.98 Å². The summed E-state index contributed by atoms with van der Waals surface area (Å²) in [6.45, 7) is 7.52. The molecule has 0 amide bonds. The van der Waals surface area contributed by atoms with Crippen LogP contribution in [-0.4, -0.2) is 10.7 Å². The molecule has 0 spiro atoms. The Hall–Kier alpha value is -1.78. The smallest absolute Gasteiger partial charge is 0.124 e. The second-order valence-corrected chi connectivity index (χ2v) is 5.47. The minimum Gasteiger partial charge on any atom is -0.486 e. The van der Waals surface area contributed by atoms with Gasteiger partial charge in [-0.05, 0) is 32.0 Å². The molecule has 1 heterocycles. The van der Waals surface area contributed by atoms with Crippen LogP contribution in [0.25, 0.3) is 0 Å². The number of nitrogens with one attached hydrogen (secondary N) is 1. The van der Waals surface area contributed by atoms with Gasteiger partial charge in [-0.15, -0.1) is 0 Å². The summed E-state index contributed by atoms with van der Waals surface area (Å²) in [6, 6.07) is 5.20. The van der Waals surface area contributed by atoms with Crippen molar-refractivity contribution in [2.45, 2.75) is 33.8 Å². The molecule has 1 atom stereocenters. The second kappa shape index (κ2) is 8.75. The van der Waals surface area contributed by atoms with Crippen LogP contribution < -0.4 is 10.5 Å². The highest BCUT2D eigenvalue weighted by atomic mass is 35.5. The molecular formula is C17H21Cl2N3O. The minimum atomic E-state index is -0.351. The van der Waals surface area contributed by atoms with Crippen molar-refractivity contribution in [2.24, 2.45) is 0 Å². The molecule has 3 N–H and O–H groups in total. The zero-order valence-corrected chi connectivity index (χ0v) is 15.2. The molecule has 0 unspecified atom stereocenters. The Labute approximate surface area is 147 Å². The first kappa shape index (κ1) is 19.3. The monoisotopic (exact) mass is 353 g/mol. The lowest BCUT2D eigenvalue weighted by atomic mass is 10.1. The fourth-order valence-corrected chi connectivity index (χ4v) is 2.68. The Balaban J connectivity index is 0.00000127. The molecule has 2 rings (SSSR count). The van der Waals surface area contributed by atoms with Crippen LogP contribution in [0.4, 0.5) is 5.69 Å². The molecule has 0 aliphatic heterocycles. The number of aromatic nitrogens is 1. The number of anilines is 1. The summed E-state index contributed by atoms with van der Waals surface area (Å²) in [6.07, 6.45) is 2.70. The highest BCUT2D eigenvalue weighted by molar-refractivity contribution is 6.35. The van der Waals surface area contributed by atoms with Gasteiger partial charge in [-0.25, -0.2) is 0 Å². The quantitative estimate of drug-likeness (QED) is 0.560. The van der Waals surface area contributed by atoms with Crippen molar-refractivity contribution in [3.05, 3.63) is 51.8 Å². The van der Waals surface area contributed by atoms with E-state index in [0.29, 0.717) is 38.3 Å². The summed E-state index contributed by atoms with van der Waals surface area (Å²) < 4.78 is 5.86. The predicted octanol–water partition coefficient (Wildman–Crippen LogP) is 5.52. The van der Waals surface area contributed by atoms with Crippen LogP contribution in [0.15, 0.2) is 30.6 Å². The number of nitrogens with zero attached hydrogens (tertiary/aromatic N) is 1. The molecule has 1 aromatic carbocycles. The van der Waals surface area contributed by atoms with Crippen LogP contribution in [0.1, 0.15) is 44.9 Å². The van der Waals surface area contributed by atoms with Gasteiger partial charge in [0.25, 0.3) is 0 Å². The van der Waals surface area contributed by atoms with E-state index in [0.717, 1.165) is 0 Å². The van der Waals surface area contributed by atoms with Crippen molar-refractivity contribution in [1.29, 1.82) is 5.41 Å². The van der Waals surface area contributed by atoms with Gasteiger partial charge in [0.05, 0.1) is 10.0 Å². The molecule has 23 heavy (non-hydrogen) atoms. The molecule has 2 aromatic rings. The van der Waals surface area contributed by atoms with E-state index in [1.807, 2.05) is 20.8 Å². The first-order chi connectivity index (χ1) is 10.9. The normalized spacial score (nSPS) is 11.2. The van der Waals surface area contributed by atoms with E-state index < -0.39 is 0 Å². The number of ether oxygens (including phenoxy) is 1. The molecule has 0 fully saturated rings. The largest absolute Gasteiger partial charge is 0.486 e. The first-order valence-electron chi connectivity index (χ1n) is 7.30. The first-order valence-corrected chi connectivity index (χ1v) is 8.06. The van der Waals surface area contributed by atoms with Crippen molar-refractivity contribution in [2.75, 3.05) is 5.73 Å². The van der Waals surface area contributed by atoms with E-state index in [2.05, 4.69) is 4.98 Å². The summed E-state index contributed by atoms with van der Waals surface area (Å²) in [4.78, 5) is 3.92. The third kappa shape index (κ3) is 4.85.